The van der Waals surface area contributed by atoms with E-state index in [2.05, 4.69) is 0 Å². The van der Waals surface area contributed by atoms with Crippen molar-refractivity contribution in [3.05, 3.63) is 46.0 Å². The number of benzene rings is 1. The fourth-order valence-corrected chi connectivity index (χ4v) is 2.64. The van der Waals surface area contributed by atoms with E-state index in [0.717, 1.165) is 24.9 Å². The molecule has 0 N–H and O–H groups in total. The molecule has 1 aromatic carbocycles. The standard InChI is InChI=1S/C14H15Cl2NO/c1-2-4-14(18)17-8-3-5-13(17)10-6-7-11(15)12(16)9-10/h2,4,6-7,9,13H,3,5,8H2,1H3. The summed E-state index contributed by atoms with van der Waals surface area (Å²) in [4.78, 5) is 13.8. The molecule has 1 saturated heterocycles. The molecule has 0 aromatic heterocycles. The van der Waals surface area contributed by atoms with Gasteiger partial charge in [-0.25, -0.2) is 0 Å². The Bertz CT molecular complexity index is 485. The zero-order chi connectivity index (χ0) is 13.1. The normalized spacial score (nSPS) is 19.7. The number of hydrogen-bond donors (Lipinski definition) is 0. The second kappa shape index (κ2) is 5.77. The summed E-state index contributed by atoms with van der Waals surface area (Å²) >= 11 is 11.9. The molecule has 1 fully saturated rings. The zero-order valence-electron chi connectivity index (χ0n) is 10.2. The van der Waals surface area contributed by atoms with Crippen LogP contribution >= 0.6 is 23.2 Å². The van der Waals surface area contributed by atoms with E-state index >= 15 is 0 Å². The van der Waals surface area contributed by atoms with Crippen molar-refractivity contribution >= 4 is 29.1 Å². The summed E-state index contributed by atoms with van der Waals surface area (Å²) in [7, 11) is 0. The van der Waals surface area contributed by atoms with Gasteiger partial charge in [0.25, 0.3) is 0 Å². The molecule has 0 radical (unpaired) electrons. The van der Waals surface area contributed by atoms with Gasteiger partial charge in [0.2, 0.25) is 5.91 Å². The minimum atomic E-state index is 0.0612. The minimum Gasteiger partial charge on any atom is -0.332 e. The van der Waals surface area contributed by atoms with Crippen molar-refractivity contribution in [3.63, 3.8) is 0 Å². The third-order valence-electron chi connectivity index (χ3n) is 3.17. The van der Waals surface area contributed by atoms with Crippen LogP contribution < -0.4 is 0 Å². The molecule has 1 aliphatic heterocycles. The van der Waals surface area contributed by atoms with Crippen LogP contribution in [0.3, 0.4) is 0 Å². The first-order valence-electron chi connectivity index (χ1n) is 6.01. The highest BCUT2D eigenvalue weighted by molar-refractivity contribution is 6.42. The van der Waals surface area contributed by atoms with Gasteiger partial charge in [0.15, 0.2) is 0 Å². The van der Waals surface area contributed by atoms with Crippen LogP contribution in [0.1, 0.15) is 31.4 Å². The second-order valence-electron chi connectivity index (χ2n) is 4.36. The van der Waals surface area contributed by atoms with Crippen molar-refractivity contribution in [1.82, 2.24) is 4.90 Å². The lowest BCUT2D eigenvalue weighted by molar-refractivity contribution is -0.126. The Balaban J connectivity index is 2.25. The van der Waals surface area contributed by atoms with Crippen LogP contribution in [0.4, 0.5) is 0 Å². The zero-order valence-corrected chi connectivity index (χ0v) is 11.7. The van der Waals surface area contributed by atoms with E-state index in [1.165, 1.54) is 0 Å². The Morgan fingerprint density at radius 3 is 2.83 bits per heavy atom. The molecule has 1 heterocycles. The minimum absolute atomic E-state index is 0.0612. The van der Waals surface area contributed by atoms with E-state index in [-0.39, 0.29) is 11.9 Å². The number of halogens is 2. The number of amides is 1. The Kier molecular flexibility index (Phi) is 4.31. The average Bonchev–Trinajstić information content (AvgIpc) is 2.82. The SMILES string of the molecule is CC=CC(=O)N1CCCC1c1ccc(Cl)c(Cl)c1. The molecule has 1 aliphatic rings. The van der Waals surface area contributed by atoms with Gasteiger partial charge in [-0.1, -0.05) is 35.3 Å². The quantitative estimate of drug-likeness (QED) is 0.744. The number of likely N-dealkylation sites (tertiary alicyclic amines) is 1. The third-order valence-corrected chi connectivity index (χ3v) is 3.91. The van der Waals surface area contributed by atoms with Crippen molar-refractivity contribution in [3.8, 4) is 0 Å². The van der Waals surface area contributed by atoms with Crippen LogP contribution in [-0.2, 0) is 4.79 Å². The third kappa shape index (κ3) is 2.70. The topological polar surface area (TPSA) is 20.3 Å². The molecular formula is C14H15Cl2NO. The monoisotopic (exact) mass is 283 g/mol. The second-order valence-corrected chi connectivity index (χ2v) is 5.18. The summed E-state index contributed by atoms with van der Waals surface area (Å²) in [6, 6.07) is 5.70. The summed E-state index contributed by atoms with van der Waals surface area (Å²) in [5, 5.41) is 1.09. The molecule has 18 heavy (non-hydrogen) atoms. The van der Waals surface area contributed by atoms with E-state index in [1.54, 1.807) is 18.2 Å². The van der Waals surface area contributed by atoms with Crippen LogP contribution in [0.25, 0.3) is 0 Å². The first-order valence-corrected chi connectivity index (χ1v) is 6.77. The smallest absolute Gasteiger partial charge is 0.246 e. The maximum Gasteiger partial charge on any atom is 0.246 e. The number of nitrogens with zero attached hydrogens (tertiary/aromatic N) is 1. The summed E-state index contributed by atoms with van der Waals surface area (Å²) in [6.45, 7) is 2.65. The van der Waals surface area contributed by atoms with Crippen LogP contribution in [0.2, 0.25) is 10.0 Å². The van der Waals surface area contributed by atoms with Gasteiger partial charge in [0, 0.05) is 6.54 Å². The largest absolute Gasteiger partial charge is 0.332 e. The molecule has 1 amide bonds. The summed E-state index contributed by atoms with van der Waals surface area (Å²) in [5.41, 5.74) is 1.06. The fraction of sp³-hybridized carbons (Fsp3) is 0.357. The Labute approximate surface area is 117 Å². The van der Waals surface area contributed by atoms with Crippen molar-refractivity contribution in [2.45, 2.75) is 25.8 Å². The summed E-state index contributed by atoms with van der Waals surface area (Å²) in [5.74, 6) is 0.0612. The molecule has 4 heteroatoms. The number of carbonyl (C=O) groups excluding carboxylic acids is 1. The lowest BCUT2D eigenvalue weighted by Gasteiger charge is -2.24. The molecule has 0 saturated carbocycles. The van der Waals surface area contributed by atoms with Crippen molar-refractivity contribution in [2.75, 3.05) is 6.54 Å². The van der Waals surface area contributed by atoms with Gasteiger partial charge in [-0.3, -0.25) is 4.79 Å². The number of allylic oxidation sites excluding steroid dienone is 1. The maximum absolute atomic E-state index is 12.0. The van der Waals surface area contributed by atoms with Crippen LogP contribution in [0, 0.1) is 0 Å². The van der Waals surface area contributed by atoms with Crippen molar-refractivity contribution in [1.29, 1.82) is 0 Å². The molecule has 2 rings (SSSR count). The maximum atomic E-state index is 12.0. The Hall–Kier alpha value is -0.990. The fourth-order valence-electron chi connectivity index (χ4n) is 2.34. The van der Waals surface area contributed by atoms with E-state index in [0.29, 0.717) is 10.0 Å². The summed E-state index contributed by atoms with van der Waals surface area (Å²) < 4.78 is 0. The van der Waals surface area contributed by atoms with Crippen LogP contribution in [0.15, 0.2) is 30.4 Å². The van der Waals surface area contributed by atoms with E-state index < -0.39 is 0 Å². The number of rotatable bonds is 2. The van der Waals surface area contributed by atoms with Crippen LogP contribution in [-0.4, -0.2) is 17.4 Å². The van der Waals surface area contributed by atoms with E-state index in [4.69, 9.17) is 23.2 Å². The molecule has 96 valence electrons. The molecule has 0 aliphatic carbocycles. The predicted octanol–water partition coefficient (Wildman–Crippen LogP) is 4.23. The predicted molar refractivity (Wildman–Crippen MR) is 75.0 cm³/mol. The molecule has 1 aromatic rings. The van der Waals surface area contributed by atoms with Crippen molar-refractivity contribution in [2.24, 2.45) is 0 Å². The molecular weight excluding hydrogens is 269 g/mol. The van der Waals surface area contributed by atoms with Crippen LogP contribution in [0.5, 0.6) is 0 Å². The van der Waals surface area contributed by atoms with E-state index in [1.807, 2.05) is 24.0 Å². The molecule has 2 nitrogen and oxygen atoms in total. The molecule has 0 bridgehead atoms. The van der Waals surface area contributed by atoms with Gasteiger partial charge >= 0.3 is 0 Å². The highest BCUT2D eigenvalue weighted by Crippen LogP contribution is 2.35. The van der Waals surface area contributed by atoms with Gasteiger partial charge in [0.1, 0.15) is 0 Å². The number of carbonyl (C=O) groups is 1. The Morgan fingerprint density at radius 1 is 1.39 bits per heavy atom. The van der Waals surface area contributed by atoms with E-state index in [9.17, 15) is 4.79 Å². The van der Waals surface area contributed by atoms with Crippen molar-refractivity contribution < 1.29 is 4.79 Å². The van der Waals surface area contributed by atoms with Gasteiger partial charge < -0.3 is 4.90 Å². The highest BCUT2D eigenvalue weighted by atomic mass is 35.5. The molecule has 1 unspecified atom stereocenters. The van der Waals surface area contributed by atoms with Gasteiger partial charge in [0.05, 0.1) is 16.1 Å². The lowest BCUT2D eigenvalue weighted by atomic mass is 10.0. The molecule has 1 atom stereocenters. The first kappa shape index (κ1) is 13.4. The van der Waals surface area contributed by atoms with Gasteiger partial charge in [-0.15, -0.1) is 0 Å². The summed E-state index contributed by atoms with van der Waals surface area (Å²) in [6.07, 6.45) is 5.37. The number of hydrogen-bond acceptors (Lipinski definition) is 1. The Morgan fingerprint density at radius 2 is 2.17 bits per heavy atom. The first-order chi connectivity index (χ1) is 8.63. The average molecular weight is 284 g/mol. The lowest BCUT2D eigenvalue weighted by Crippen LogP contribution is -2.28. The molecule has 0 spiro atoms. The highest BCUT2D eigenvalue weighted by Gasteiger charge is 2.28. The van der Waals surface area contributed by atoms with Gasteiger partial charge in [-0.2, -0.15) is 0 Å². The van der Waals surface area contributed by atoms with Gasteiger partial charge in [-0.05, 0) is 43.5 Å².